The Labute approximate surface area is 234 Å². The molecule has 1 aliphatic carbocycles. The van der Waals surface area contributed by atoms with Crippen LogP contribution >= 0.6 is 0 Å². The molecule has 3 fully saturated rings. The van der Waals surface area contributed by atoms with Gasteiger partial charge >= 0.3 is 0 Å². The van der Waals surface area contributed by atoms with Crippen molar-refractivity contribution < 1.29 is 9.18 Å². The fourth-order valence-corrected chi connectivity index (χ4v) is 6.89. The number of carbonyl (C=O) groups is 1. The second-order valence-corrected chi connectivity index (χ2v) is 11.4. The van der Waals surface area contributed by atoms with Crippen molar-refractivity contribution in [2.45, 2.75) is 62.4 Å². The highest BCUT2D eigenvalue weighted by atomic mass is 19.1. The van der Waals surface area contributed by atoms with E-state index in [4.69, 9.17) is 10.7 Å². The number of hydrogen-bond acceptors (Lipinski definition) is 7. The molecule has 1 amide bonds. The van der Waals surface area contributed by atoms with Gasteiger partial charge in [-0.2, -0.15) is 9.61 Å². The number of hydrogen-bond donors (Lipinski definition) is 2. The lowest BCUT2D eigenvalue weighted by atomic mass is 9.85. The minimum atomic E-state index is -0.295. The molecule has 2 aliphatic heterocycles. The van der Waals surface area contributed by atoms with Gasteiger partial charge in [-0.15, -0.1) is 10.2 Å². The van der Waals surface area contributed by atoms with Gasteiger partial charge in [0.05, 0.1) is 17.6 Å². The first-order valence-corrected chi connectivity index (χ1v) is 14.1. The van der Waals surface area contributed by atoms with Crippen molar-refractivity contribution in [3.63, 3.8) is 0 Å². The van der Waals surface area contributed by atoms with E-state index in [0.29, 0.717) is 28.9 Å². The number of aromatic nitrogens is 7. The van der Waals surface area contributed by atoms with Crippen LogP contribution in [-0.2, 0) is 0 Å². The highest BCUT2D eigenvalue weighted by molar-refractivity contribution is 5.91. The number of benzene rings is 1. The summed E-state index contributed by atoms with van der Waals surface area (Å²) in [5.74, 6) is 1.17. The summed E-state index contributed by atoms with van der Waals surface area (Å²) in [4.78, 5) is 28.0. The number of H-pyrrole nitrogens is 1. The molecule has 1 aromatic carbocycles. The number of anilines is 1. The molecule has 8 rings (SSSR count). The second kappa shape index (κ2) is 9.18. The van der Waals surface area contributed by atoms with Crippen molar-refractivity contribution in [1.29, 1.82) is 0 Å². The predicted octanol–water partition coefficient (Wildman–Crippen LogP) is 4.73. The van der Waals surface area contributed by atoms with Crippen molar-refractivity contribution in [2.75, 3.05) is 5.73 Å². The monoisotopic (exact) mass is 549 g/mol. The predicted molar refractivity (Wildman–Crippen MR) is 149 cm³/mol. The molecule has 0 unspecified atom stereocenters. The minimum absolute atomic E-state index is 0.0777. The number of pyridine rings is 1. The van der Waals surface area contributed by atoms with Crippen molar-refractivity contribution in [2.24, 2.45) is 0 Å². The summed E-state index contributed by atoms with van der Waals surface area (Å²) in [6.07, 6.45) is 10.8. The maximum Gasteiger partial charge on any atom is 0.292 e. The summed E-state index contributed by atoms with van der Waals surface area (Å²) in [7, 11) is 0. The van der Waals surface area contributed by atoms with Crippen LogP contribution in [0.3, 0.4) is 0 Å². The van der Waals surface area contributed by atoms with E-state index in [1.54, 1.807) is 23.0 Å². The van der Waals surface area contributed by atoms with E-state index in [-0.39, 0.29) is 29.7 Å². The van der Waals surface area contributed by atoms with E-state index in [1.807, 2.05) is 23.1 Å². The average Bonchev–Trinajstić information content (AvgIpc) is 3.37. The number of aromatic amines is 1. The van der Waals surface area contributed by atoms with Crippen LogP contribution in [0.15, 0.2) is 55.1 Å². The maximum atomic E-state index is 13.7. The van der Waals surface area contributed by atoms with Gasteiger partial charge in [-0.3, -0.25) is 9.78 Å². The van der Waals surface area contributed by atoms with Crippen LogP contribution < -0.4 is 5.73 Å². The number of rotatable bonds is 5. The van der Waals surface area contributed by atoms with Gasteiger partial charge in [0.15, 0.2) is 5.65 Å². The summed E-state index contributed by atoms with van der Waals surface area (Å²) in [6, 6.07) is 10.5. The molecule has 3 aliphatic rings. The van der Waals surface area contributed by atoms with Gasteiger partial charge in [0.1, 0.15) is 18.0 Å². The van der Waals surface area contributed by atoms with E-state index >= 15 is 0 Å². The Hall–Kier alpha value is -4.67. The van der Waals surface area contributed by atoms with Gasteiger partial charge in [-0.05, 0) is 62.6 Å². The summed E-state index contributed by atoms with van der Waals surface area (Å²) >= 11 is 0. The standard InChI is InChI=1S/C30H28FN9O/c31-20-3-1-2-17(10-20)24-9-6-18(13-33-24)23-14-36-40-27(32)25(16-4-5-16)26(37-29(23)40)19-11-21-7-8-22(12-19)39(21)30(41)28-34-15-35-38-28/h1-3,6,9-10,13-16,19,21-22H,4-5,7-8,11-12,32H2,(H,34,35,38)/t19-,21+,22-. The molecule has 206 valence electrons. The topological polar surface area (TPSA) is 131 Å². The number of nitrogens with one attached hydrogen (secondary N) is 1. The molecule has 10 nitrogen and oxygen atoms in total. The maximum absolute atomic E-state index is 13.7. The Morgan fingerprint density at radius 3 is 2.51 bits per heavy atom. The molecule has 2 saturated heterocycles. The minimum Gasteiger partial charge on any atom is -0.383 e. The largest absolute Gasteiger partial charge is 0.383 e. The summed E-state index contributed by atoms with van der Waals surface area (Å²) in [5.41, 5.74) is 12.8. The molecular formula is C30H28FN9O. The van der Waals surface area contributed by atoms with E-state index in [1.165, 1.54) is 18.5 Å². The second-order valence-electron chi connectivity index (χ2n) is 11.4. The van der Waals surface area contributed by atoms with Gasteiger partial charge < -0.3 is 15.6 Å². The van der Waals surface area contributed by atoms with Crippen molar-refractivity contribution in [1.82, 2.24) is 39.7 Å². The summed E-state index contributed by atoms with van der Waals surface area (Å²) < 4.78 is 15.5. The third-order valence-corrected chi connectivity index (χ3v) is 8.90. The molecular weight excluding hydrogens is 521 g/mol. The van der Waals surface area contributed by atoms with Crippen molar-refractivity contribution in [3.05, 3.63) is 78.0 Å². The lowest BCUT2D eigenvalue weighted by molar-refractivity contribution is 0.0557. The first-order valence-electron chi connectivity index (χ1n) is 14.1. The molecule has 3 N–H and O–H groups in total. The van der Waals surface area contributed by atoms with Crippen LogP contribution in [0.2, 0.25) is 0 Å². The van der Waals surface area contributed by atoms with Crippen LogP contribution in [0.25, 0.3) is 28.0 Å². The Balaban J connectivity index is 1.16. The highest BCUT2D eigenvalue weighted by Crippen LogP contribution is 2.50. The molecule has 6 heterocycles. The lowest BCUT2D eigenvalue weighted by Crippen LogP contribution is -2.46. The molecule has 0 radical (unpaired) electrons. The number of carbonyl (C=O) groups excluding carboxylic acids is 1. The average molecular weight is 550 g/mol. The Morgan fingerprint density at radius 2 is 1.83 bits per heavy atom. The van der Waals surface area contributed by atoms with Crippen LogP contribution in [0.1, 0.15) is 72.2 Å². The van der Waals surface area contributed by atoms with Gasteiger partial charge in [0, 0.05) is 46.5 Å². The van der Waals surface area contributed by atoms with Crippen LogP contribution in [0.4, 0.5) is 10.2 Å². The third-order valence-electron chi connectivity index (χ3n) is 8.90. The Bertz CT molecular complexity index is 1760. The molecule has 5 aromatic rings. The Kier molecular flexibility index (Phi) is 5.41. The zero-order chi connectivity index (χ0) is 27.7. The molecule has 0 spiro atoms. The van der Waals surface area contributed by atoms with E-state index in [9.17, 15) is 9.18 Å². The lowest BCUT2D eigenvalue weighted by Gasteiger charge is -2.39. The quantitative estimate of drug-likeness (QED) is 0.324. The van der Waals surface area contributed by atoms with Gasteiger partial charge in [-0.25, -0.2) is 9.37 Å². The number of nitrogens with two attached hydrogens (primary N) is 1. The van der Waals surface area contributed by atoms with Crippen LogP contribution in [0.5, 0.6) is 0 Å². The van der Waals surface area contributed by atoms with Gasteiger partial charge in [0.2, 0.25) is 5.82 Å². The SMILES string of the molecule is Nc1c(C2CC2)c([C@H]2C[C@H]3CC[C@@H](C2)N3C(=O)c2nnc[nH]2)nc2c(-c3ccc(-c4cccc(F)c4)nc3)cnn12. The number of piperidine rings is 1. The molecule has 2 bridgehead atoms. The van der Waals surface area contributed by atoms with Gasteiger partial charge in [-0.1, -0.05) is 18.2 Å². The smallest absolute Gasteiger partial charge is 0.292 e. The van der Waals surface area contributed by atoms with Crippen molar-refractivity contribution >= 4 is 17.4 Å². The first kappa shape index (κ1) is 24.2. The molecule has 41 heavy (non-hydrogen) atoms. The zero-order valence-corrected chi connectivity index (χ0v) is 22.2. The number of fused-ring (bicyclic) bond motifs is 3. The molecule has 11 heteroatoms. The fraction of sp³-hybridized carbons (Fsp3) is 0.333. The Morgan fingerprint density at radius 1 is 1.00 bits per heavy atom. The van der Waals surface area contributed by atoms with Gasteiger partial charge in [0.25, 0.3) is 5.91 Å². The van der Waals surface area contributed by atoms with E-state index in [2.05, 4.69) is 25.3 Å². The third kappa shape index (κ3) is 3.98. The highest BCUT2D eigenvalue weighted by Gasteiger charge is 2.46. The van der Waals surface area contributed by atoms with Crippen LogP contribution in [0, 0.1) is 5.82 Å². The molecule has 1 saturated carbocycles. The van der Waals surface area contributed by atoms with Crippen molar-refractivity contribution in [3.8, 4) is 22.4 Å². The molecule has 3 atom stereocenters. The van der Waals surface area contributed by atoms with E-state index < -0.39 is 0 Å². The fourth-order valence-electron chi connectivity index (χ4n) is 6.89. The number of nitrogen functional groups attached to an aromatic ring is 1. The number of halogens is 1. The number of nitrogens with zero attached hydrogens (tertiary/aromatic N) is 7. The van der Waals surface area contributed by atoms with E-state index in [0.717, 1.165) is 66.5 Å². The molecule has 4 aromatic heterocycles. The number of amides is 1. The normalized spacial score (nSPS) is 22.0. The van der Waals surface area contributed by atoms with Crippen LogP contribution in [-0.4, -0.2) is 57.7 Å². The summed E-state index contributed by atoms with van der Waals surface area (Å²) in [6.45, 7) is 0. The zero-order valence-electron chi connectivity index (χ0n) is 22.2. The summed E-state index contributed by atoms with van der Waals surface area (Å²) in [5, 5.41) is 12.4. The first-order chi connectivity index (χ1) is 20.0.